The van der Waals surface area contributed by atoms with E-state index in [1.54, 1.807) is 24.3 Å². The second-order valence-corrected chi connectivity index (χ2v) is 7.00. The van der Waals surface area contributed by atoms with Crippen LogP contribution in [-0.4, -0.2) is 30.5 Å². The number of halogens is 1. The molecule has 28 heavy (non-hydrogen) atoms. The zero-order valence-corrected chi connectivity index (χ0v) is 18.1. The lowest BCUT2D eigenvalue weighted by atomic mass is 10.2. The number of unbranched alkanes of at least 4 members (excludes halogenated alkanes) is 1. The highest BCUT2D eigenvalue weighted by atomic mass is 79.9. The van der Waals surface area contributed by atoms with Crippen LogP contribution in [0, 0.1) is 0 Å². The van der Waals surface area contributed by atoms with Crippen LogP contribution in [0.3, 0.4) is 0 Å². The number of aryl methyl sites for hydroxylation is 1. The van der Waals surface area contributed by atoms with Crippen molar-refractivity contribution in [2.75, 3.05) is 13.6 Å². The highest BCUT2D eigenvalue weighted by Crippen LogP contribution is 2.25. The fraction of sp³-hybridized carbons (Fsp3) is 0.300. The molecule has 2 amide bonds. The average Bonchev–Trinajstić information content (AvgIpc) is 2.70. The Labute approximate surface area is 179 Å². The van der Waals surface area contributed by atoms with Crippen molar-refractivity contribution in [1.29, 1.82) is 0 Å². The Kier molecular flexibility index (Phi) is 11.1. The van der Waals surface area contributed by atoms with Gasteiger partial charge >= 0.3 is 0 Å². The number of likely N-dealkylation sites (N-methyl/N-ethyl adjacent to an activating group) is 1. The van der Waals surface area contributed by atoms with Crippen LogP contribution < -0.4 is 32.2 Å². The van der Waals surface area contributed by atoms with Gasteiger partial charge in [0.25, 0.3) is 5.91 Å². The molecule has 0 bridgehead atoms. The average molecular weight is 466 g/mol. The number of carbonyl (C=O) groups is 3. The maximum Gasteiger partial charge on any atom is 0.252 e. The molecule has 0 radical (unpaired) electrons. The summed E-state index contributed by atoms with van der Waals surface area (Å²) in [6.45, 7) is 0.775. The molecular weight excluding hydrogens is 442 g/mol. The Hall–Kier alpha value is -2.19. The van der Waals surface area contributed by atoms with Gasteiger partial charge in [0.15, 0.2) is 17.5 Å². The quantitative estimate of drug-likeness (QED) is 0.281. The van der Waals surface area contributed by atoms with Crippen molar-refractivity contribution < 1.29 is 35.9 Å². The molecule has 2 N–H and O–H groups in total. The number of aromatic nitrogens is 1. The molecule has 1 aromatic carbocycles. The SMILES string of the molecule is CNC(=O)CNC(=O)c1ccccc1SC(=O)CCCC[n+]1ccccc1.[Br-]. The van der Waals surface area contributed by atoms with E-state index in [1.807, 2.05) is 30.6 Å². The van der Waals surface area contributed by atoms with Crippen LogP contribution in [0.5, 0.6) is 0 Å². The number of nitrogens with one attached hydrogen (secondary N) is 2. The number of nitrogens with zero attached hydrogens (tertiary/aromatic N) is 1. The fourth-order valence-corrected chi connectivity index (χ4v) is 3.32. The van der Waals surface area contributed by atoms with Crippen LogP contribution in [0.15, 0.2) is 59.8 Å². The van der Waals surface area contributed by atoms with Crippen LogP contribution in [0.1, 0.15) is 29.6 Å². The molecule has 0 aliphatic heterocycles. The third kappa shape index (κ3) is 8.22. The second kappa shape index (κ2) is 13.1. The van der Waals surface area contributed by atoms with E-state index in [2.05, 4.69) is 15.2 Å². The standard InChI is InChI=1S/C20H23N3O3S.BrH/c1-21-18(24)15-22-20(26)16-9-3-4-10-17(16)27-19(25)11-5-8-14-23-12-6-2-7-13-23;/h2-4,6-7,9-10,12-13H,5,8,11,14-15H2,1H3,(H-,21,22,24,26);1H. The number of thioether (sulfide) groups is 1. The predicted molar refractivity (Wildman–Crippen MR) is 104 cm³/mol. The van der Waals surface area contributed by atoms with Gasteiger partial charge in [0.1, 0.15) is 6.54 Å². The highest BCUT2D eigenvalue weighted by Gasteiger charge is 2.15. The Morgan fingerprint density at radius 3 is 2.43 bits per heavy atom. The van der Waals surface area contributed by atoms with E-state index >= 15 is 0 Å². The predicted octanol–water partition coefficient (Wildman–Crippen LogP) is -1.06. The first-order valence-electron chi connectivity index (χ1n) is 8.82. The van der Waals surface area contributed by atoms with Gasteiger partial charge in [-0.05, 0) is 18.6 Å². The van der Waals surface area contributed by atoms with Crippen molar-refractivity contribution in [2.45, 2.75) is 30.7 Å². The third-order valence-electron chi connectivity index (χ3n) is 3.87. The Morgan fingerprint density at radius 1 is 1.00 bits per heavy atom. The third-order valence-corrected chi connectivity index (χ3v) is 4.88. The van der Waals surface area contributed by atoms with Crippen molar-refractivity contribution in [3.05, 3.63) is 60.4 Å². The van der Waals surface area contributed by atoms with E-state index in [0.717, 1.165) is 31.1 Å². The fourth-order valence-electron chi connectivity index (χ4n) is 2.41. The van der Waals surface area contributed by atoms with Crippen LogP contribution >= 0.6 is 11.8 Å². The molecule has 0 unspecified atom stereocenters. The van der Waals surface area contributed by atoms with E-state index in [4.69, 9.17) is 0 Å². The molecular formula is C20H24BrN3O3S. The number of amides is 2. The largest absolute Gasteiger partial charge is 1.00 e. The summed E-state index contributed by atoms with van der Waals surface area (Å²) >= 11 is 1.08. The molecule has 8 heteroatoms. The van der Waals surface area contributed by atoms with Gasteiger partial charge in [0.05, 0.1) is 12.1 Å². The molecule has 0 fully saturated rings. The van der Waals surface area contributed by atoms with Gasteiger partial charge in [0.2, 0.25) is 5.91 Å². The molecule has 0 aliphatic rings. The van der Waals surface area contributed by atoms with Crippen molar-refractivity contribution in [3.8, 4) is 0 Å². The molecule has 1 aromatic heterocycles. The Bertz CT molecular complexity index is 787. The molecule has 1 heterocycles. The molecule has 6 nitrogen and oxygen atoms in total. The summed E-state index contributed by atoms with van der Waals surface area (Å²) in [7, 11) is 1.51. The number of hydrogen-bond donors (Lipinski definition) is 2. The van der Waals surface area contributed by atoms with Gasteiger partial charge in [-0.15, -0.1) is 0 Å². The van der Waals surface area contributed by atoms with E-state index in [0.29, 0.717) is 16.9 Å². The summed E-state index contributed by atoms with van der Waals surface area (Å²) in [5.74, 6) is -0.643. The smallest absolute Gasteiger partial charge is 0.252 e. The lowest BCUT2D eigenvalue weighted by Gasteiger charge is -2.09. The maximum atomic E-state index is 12.3. The van der Waals surface area contributed by atoms with Crippen LogP contribution in [-0.2, 0) is 16.1 Å². The molecule has 0 aliphatic carbocycles. The van der Waals surface area contributed by atoms with Gasteiger partial charge in [-0.1, -0.05) is 30.0 Å². The van der Waals surface area contributed by atoms with Crippen LogP contribution in [0.25, 0.3) is 0 Å². The minimum Gasteiger partial charge on any atom is -1.00 e. The Balaban J connectivity index is 0.00000392. The molecule has 2 rings (SSSR count). The first-order chi connectivity index (χ1) is 13.1. The van der Waals surface area contributed by atoms with E-state index in [9.17, 15) is 14.4 Å². The van der Waals surface area contributed by atoms with Crippen molar-refractivity contribution in [2.24, 2.45) is 0 Å². The monoisotopic (exact) mass is 465 g/mol. The lowest BCUT2D eigenvalue weighted by molar-refractivity contribution is -0.697. The van der Waals surface area contributed by atoms with E-state index in [1.165, 1.54) is 7.05 Å². The van der Waals surface area contributed by atoms with E-state index < -0.39 is 0 Å². The van der Waals surface area contributed by atoms with Crippen molar-refractivity contribution in [1.82, 2.24) is 10.6 Å². The second-order valence-electron chi connectivity index (χ2n) is 5.90. The van der Waals surface area contributed by atoms with E-state index in [-0.39, 0.29) is 40.5 Å². The number of hydrogen-bond acceptors (Lipinski definition) is 4. The van der Waals surface area contributed by atoms with Crippen molar-refractivity contribution >= 4 is 28.7 Å². The van der Waals surface area contributed by atoms with Gasteiger partial charge in [-0.3, -0.25) is 14.4 Å². The summed E-state index contributed by atoms with van der Waals surface area (Å²) in [5.41, 5.74) is 0.402. The van der Waals surface area contributed by atoms with Gasteiger partial charge in [-0.25, -0.2) is 4.57 Å². The maximum absolute atomic E-state index is 12.3. The molecule has 2 aromatic rings. The topological polar surface area (TPSA) is 79.2 Å². The first-order valence-corrected chi connectivity index (χ1v) is 9.64. The zero-order chi connectivity index (χ0) is 19.5. The van der Waals surface area contributed by atoms with Gasteiger partial charge < -0.3 is 27.6 Å². The molecule has 150 valence electrons. The first kappa shape index (κ1) is 23.8. The summed E-state index contributed by atoms with van der Waals surface area (Å²) in [6, 6.07) is 12.9. The van der Waals surface area contributed by atoms with Gasteiger partial charge in [-0.2, -0.15) is 0 Å². The van der Waals surface area contributed by atoms with Gasteiger partial charge in [0, 0.05) is 36.9 Å². The van der Waals surface area contributed by atoms with Crippen LogP contribution in [0.2, 0.25) is 0 Å². The summed E-state index contributed by atoms with van der Waals surface area (Å²) in [6.07, 6.45) is 6.16. The molecule has 0 saturated carbocycles. The normalized spacial score (nSPS) is 9.89. The summed E-state index contributed by atoms with van der Waals surface area (Å²) in [4.78, 5) is 36.4. The summed E-state index contributed by atoms with van der Waals surface area (Å²) in [5, 5.41) is 5.03. The highest BCUT2D eigenvalue weighted by molar-refractivity contribution is 8.13. The minimum absolute atomic E-state index is 0. The Morgan fingerprint density at radius 2 is 1.71 bits per heavy atom. The number of pyridine rings is 1. The minimum atomic E-state index is -0.366. The molecule has 0 atom stereocenters. The number of carbonyl (C=O) groups excluding carboxylic acids is 3. The van der Waals surface area contributed by atoms with Crippen molar-refractivity contribution in [3.63, 3.8) is 0 Å². The molecule has 0 spiro atoms. The number of benzene rings is 1. The van der Waals surface area contributed by atoms with Crippen LogP contribution in [0.4, 0.5) is 0 Å². The lowest BCUT2D eigenvalue weighted by Crippen LogP contribution is -3.00. The molecule has 0 saturated heterocycles. The number of rotatable bonds is 9. The zero-order valence-electron chi connectivity index (χ0n) is 15.7. The summed E-state index contributed by atoms with van der Waals surface area (Å²) < 4.78 is 2.09.